The van der Waals surface area contributed by atoms with Gasteiger partial charge in [0.25, 0.3) is 11.6 Å². The molecule has 0 radical (unpaired) electrons. The van der Waals surface area contributed by atoms with E-state index >= 15 is 0 Å². The Balaban J connectivity index is 0.00000182. The van der Waals surface area contributed by atoms with Crippen molar-refractivity contribution in [2.45, 2.75) is 25.8 Å². The lowest BCUT2D eigenvalue weighted by Gasteiger charge is -2.44. The summed E-state index contributed by atoms with van der Waals surface area (Å²) in [5.41, 5.74) is 0.894. The molecule has 1 aromatic heterocycles. The quantitative estimate of drug-likeness (QED) is 0.653. The first kappa shape index (κ1) is 18.1. The number of hydrogen-bond acceptors (Lipinski definition) is 5. The van der Waals surface area contributed by atoms with Crippen LogP contribution in [0, 0.1) is 23.0 Å². The number of nitro groups is 1. The monoisotopic (exact) mass is 381 g/mol. The van der Waals surface area contributed by atoms with Gasteiger partial charge in [0.05, 0.1) is 9.80 Å². The SMILES string of the molecule is Cc1c(C(=O)N[C@H]2CN3CCC2CC3)sc2ccc([N+](=O)[O-])cc12.Cl. The molecule has 2 aromatic rings. The van der Waals surface area contributed by atoms with E-state index in [0.29, 0.717) is 10.8 Å². The number of carbonyl (C=O) groups excluding carboxylic acids is 1. The summed E-state index contributed by atoms with van der Waals surface area (Å²) >= 11 is 1.41. The standard InChI is InChI=1S/C17H19N3O3S.ClH/c1-10-13-8-12(20(22)23)2-3-15(13)24-16(10)17(21)18-14-9-19-6-4-11(14)5-7-19;/h2-3,8,11,14H,4-7,9H2,1H3,(H,18,21);1H/t14-;/m0./s1. The number of fused-ring (bicyclic) bond motifs is 4. The number of nitro benzene ring substituents is 1. The minimum absolute atomic E-state index is 0. The van der Waals surface area contributed by atoms with Gasteiger partial charge in [0.1, 0.15) is 0 Å². The van der Waals surface area contributed by atoms with Gasteiger partial charge in [-0.3, -0.25) is 14.9 Å². The van der Waals surface area contributed by atoms with Gasteiger partial charge in [-0.05, 0) is 50.4 Å². The third-order valence-corrected chi connectivity index (χ3v) is 6.58. The molecule has 3 saturated heterocycles. The highest BCUT2D eigenvalue weighted by Crippen LogP contribution is 2.34. The van der Waals surface area contributed by atoms with Gasteiger partial charge in [0, 0.05) is 34.8 Å². The van der Waals surface area contributed by atoms with Crippen LogP contribution in [0.15, 0.2) is 18.2 Å². The molecule has 134 valence electrons. The number of carbonyl (C=O) groups is 1. The van der Waals surface area contributed by atoms with E-state index in [0.717, 1.165) is 48.1 Å². The fraction of sp³-hybridized carbons (Fsp3) is 0.471. The van der Waals surface area contributed by atoms with Crippen molar-refractivity contribution in [3.8, 4) is 0 Å². The summed E-state index contributed by atoms with van der Waals surface area (Å²) in [6.45, 7) is 5.09. The van der Waals surface area contributed by atoms with Crippen molar-refractivity contribution in [3.63, 3.8) is 0 Å². The molecule has 1 atom stereocenters. The van der Waals surface area contributed by atoms with Crippen molar-refractivity contribution in [3.05, 3.63) is 38.8 Å². The number of non-ortho nitro benzene ring substituents is 1. The summed E-state index contributed by atoms with van der Waals surface area (Å²) in [5.74, 6) is 0.532. The second kappa shape index (κ2) is 6.90. The number of hydrogen-bond donors (Lipinski definition) is 1. The van der Waals surface area contributed by atoms with Gasteiger partial charge in [-0.15, -0.1) is 23.7 Å². The van der Waals surface area contributed by atoms with Crippen molar-refractivity contribution in [2.75, 3.05) is 19.6 Å². The van der Waals surface area contributed by atoms with Crippen LogP contribution in [0.5, 0.6) is 0 Å². The third-order valence-electron chi connectivity index (χ3n) is 5.31. The molecule has 25 heavy (non-hydrogen) atoms. The Morgan fingerprint density at radius 3 is 2.68 bits per heavy atom. The Morgan fingerprint density at radius 1 is 1.36 bits per heavy atom. The van der Waals surface area contributed by atoms with Gasteiger partial charge >= 0.3 is 0 Å². The summed E-state index contributed by atoms with van der Waals surface area (Å²) < 4.78 is 0.914. The fourth-order valence-electron chi connectivity index (χ4n) is 3.90. The smallest absolute Gasteiger partial charge is 0.270 e. The molecule has 6 nitrogen and oxygen atoms in total. The van der Waals surface area contributed by atoms with Gasteiger partial charge in [0.15, 0.2) is 0 Å². The lowest BCUT2D eigenvalue weighted by molar-refractivity contribution is -0.384. The van der Waals surface area contributed by atoms with E-state index in [1.54, 1.807) is 12.1 Å². The van der Waals surface area contributed by atoms with Crippen LogP contribution in [0.25, 0.3) is 10.1 Å². The van der Waals surface area contributed by atoms with E-state index in [2.05, 4.69) is 10.2 Å². The molecule has 2 bridgehead atoms. The molecule has 0 spiro atoms. The van der Waals surface area contributed by atoms with Gasteiger partial charge in [-0.2, -0.15) is 0 Å². The van der Waals surface area contributed by atoms with E-state index in [-0.39, 0.29) is 30.0 Å². The Hall–Kier alpha value is -1.70. The van der Waals surface area contributed by atoms with Gasteiger partial charge in [-0.1, -0.05) is 0 Å². The molecule has 1 N–H and O–H groups in total. The number of nitrogens with zero attached hydrogens (tertiary/aromatic N) is 2. The summed E-state index contributed by atoms with van der Waals surface area (Å²) in [7, 11) is 0. The number of nitrogens with one attached hydrogen (secondary N) is 1. The molecule has 3 aliphatic heterocycles. The molecule has 0 unspecified atom stereocenters. The molecular formula is C17H20ClN3O3S. The van der Waals surface area contributed by atoms with Crippen LogP contribution >= 0.6 is 23.7 Å². The van der Waals surface area contributed by atoms with Crippen molar-refractivity contribution >= 4 is 45.4 Å². The maximum absolute atomic E-state index is 12.7. The van der Waals surface area contributed by atoms with Crippen molar-refractivity contribution in [1.29, 1.82) is 0 Å². The Bertz CT molecular complexity index is 830. The van der Waals surface area contributed by atoms with Crippen LogP contribution in [0.2, 0.25) is 0 Å². The highest BCUT2D eigenvalue weighted by molar-refractivity contribution is 7.21. The normalized spacial score (nSPS) is 24.8. The van der Waals surface area contributed by atoms with Gasteiger partial charge in [0.2, 0.25) is 0 Å². The van der Waals surface area contributed by atoms with E-state index < -0.39 is 4.92 Å². The molecule has 5 rings (SSSR count). The van der Waals surface area contributed by atoms with Crippen molar-refractivity contribution < 1.29 is 9.72 Å². The number of piperidine rings is 3. The Labute approximate surface area is 155 Å². The molecule has 0 saturated carbocycles. The van der Waals surface area contributed by atoms with Crippen LogP contribution in [-0.2, 0) is 0 Å². The van der Waals surface area contributed by atoms with Crippen LogP contribution in [0.4, 0.5) is 5.69 Å². The zero-order chi connectivity index (χ0) is 16.8. The number of halogens is 1. The van der Waals surface area contributed by atoms with Crippen LogP contribution in [-0.4, -0.2) is 41.4 Å². The predicted octanol–water partition coefficient (Wildman–Crippen LogP) is 3.36. The van der Waals surface area contributed by atoms with Crippen LogP contribution < -0.4 is 5.32 Å². The molecule has 1 aromatic carbocycles. The van der Waals surface area contributed by atoms with E-state index in [1.165, 1.54) is 17.4 Å². The molecular weight excluding hydrogens is 362 g/mol. The zero-order valence-electron chi connectivity index (χ0n) is 13.9. The summed E-state index contributed by atoms with van der Waals surface area (Å²) in [4.78, 5) is 26.4. The topological polar surface area (TPSA) is 75.5 Å². The number of amides is 1. The maximum Gasteiger partial charge on any atom is 0.270 e. The second-order valence-corrected chi connectivity index (χ2v) is 7.76. The third kappa shape index (κ3) is 3.23. The zero-order valence-corrected chi connectivity index (χ0v) is 15.5. The number of rotatable bonds is 3. The average molecular weight is 382 g/mol. The van der Waals surface area contributed by atoms with E-state index in [1.807, 2.05) is 6.92 Å². The van der Waals surface area contributed by atoms with Gasteiger partial charge in [-0.25, -0.2) is 0 Å². The molecule has 0 aliphatic carbocycles. The highest BCUT2D eigenvalue weighted by atomic mass is 35.5. The first-order valence-corrected chi connectivity index (χ1v) is 9.05. The molecule has 1 amide bonds. The number of aryl methyl sites for hydroxylation is 1. The van der Waals surface area contributed by atoms with Crippen LogP contribution in [0.3, 0.4) is 0 Å². The largest absolute Gasteiger partial charge is 0.347 e. The van der Waals surface area contributed by atoms with E-state index in [4.69, 9.17) is 0 Å². The highest BCUT2D eigenvalue weighted by Gasteiger charge is 2.35. The fourth-order valence-corrected chi connectivity index (χ4v) is 4.99. The van der Waals surface area contributed by atoms with Gasteiger partial charge < -0.3 is 10.2 Å². The summed E-state index contributed by atoms with van der Waals surface area (Å²) in [6, 6.07) is 5.01. The molecule has 8 heteroatoms. The van der Waals surface area contributed by atoms with E-state index in [9.17, 15) is 14.9 Å². The number of thiophene rings is 1. The second-order valence-electron chi connectivity index (χ2n) is 6.71. The lowest BCUT2D eigenvalue weighted by Crippen LogP contribution is -2.57. The Morgan fingerprint density at radius 2 is 2.08 bits per heavy atom. The minimum Gasteiger partial charge on any atom is -0.347 e. The Kier molecular flexibility index (Phi) is 4.99. The van der Waals surface area contributed by atoms with Crippen molar-refractivity contribution in [1.82, 2.24) is 10.2 Å². The molecule has 4 heterocycles. The number of benzene rings is 1. The first-order valence-electron chi connectivity index (χ1n) is 8.23. The first-order chi connectivity index (χ1) is 11.5. The molecule has 3 fully saturated rings. The summed E-state index contributed by atoms with van der Waals surface area (Å²) in [6.07, 6.45) is 2.31. The minimum atomic E-state index is -0.399. The average Bonchev–Trinajstić information content (AvgIpc) is 2.92. The predicted molar refractivity (Wildman–Crippen MR) is 101 cm³/mol. The maximum atomic E-state index is 12.7. The lowest BCUT2D eigenvalue weighted by atomic mass is 9.84. The molecule has 3 aliphatic rings. The summed E-state index contributed by atoms with van der Waals surface area (Å²) in [5, 5.41) is 15.0. The van der Waals surface area contributed by atoms with Crippen molar-refractivity contribution in [2.24, 2.45) is 5.92 Å². The van der Waals surface area contributed by atoms with Crippen LogP contribution in [0.1, 0.15) is 28.1 Å².